The van der Waals surface area contributed by atoms with E-state index in [0.29, 0.717) is 5.92 Å². The van der Waals surface area contributed by atoms with Crippen molar-refractivity contribution in [2.24, 2.45) is 5.92 Å². The molecule has 0 bridgehead atoms. The number of hydrogen-bond acceptors (Lipinski definition) is 2. The van der Waals surface area contributed by atoms with Crippen molar-refractivity contribution in [3.05, 3.63) is 0 Å². The molecule has 0 aromatic carbocycles. The van der Waals surface area contributed by atoms with Gasteiger partial charge in [-0.15, -0.1) is 5.92 Å². The van der Waals surface area contributed by atoms with E-state index in [-0.39, 0.29) is 6.29 Å². The minimum absolute atomic E-state index is 0.276. The molecule has 1 aliphatic heterocycles. The van der Waals surface area contributed by atoms with E-state index in [2.05, 4.69) is 18.8 Å². The maximum Gasteiger partial charge on any atom is 0.222 e. The largest absolute Gasteiger partial charge is 0.342 e. The topological polar surface area (TPSA) is 18.5 Å². The summed E-state index contributed by atoms with van der Waals surface area (Å²) >= 11 is 0. The van der Waals surface area contributed by atoms with E-state index < -0.39 is 0 Å². The van der Waals surface area contributed by atoms with Crippen molar-refractivity contribution in [1.29, 1.82) is 0 Å². The van der Waals surface area contributed by atoms with Crippen LogP contribution in [0.2, 0.25) is 0 Å². The Balaban J connectivity index is 2.11. The van der Waals surface area contributed by atoms with E-state index in [9.17, 15) is 0 Å². The number of rotatable bonds is 4. The summed E-state index contributed by atoms with van der Waals surface area (Å²) < 4.78 is 10.9. The maximum absolute atomic E-state index is 5.47. The number of unbranched alkanes of at least 4 members (excludes halogenated alkanes) is 2. The van der Waals surface area contributed by atoms with E-state index in [1.807, 2.05) is 0 Å². The van der Waals surface area contributed by atoms with Gasteiger partial charge in [0.15, 0.2) is 0 Å². The lowest BCUT2D eigenvalue weighted by atomic mass is 10.0. The Morgan fingerprint density at radius 3 is 2.50 bits per heavy atom. The first-order chi connectivity index (χ1) is 6.86. The van der Waals surface area contributed by atoms with Gasteiger partial charge in [0.2, 0.25) is 6.29 Å². The molecule has 2 heteroatoms. The lowest BCUT2D eigenvalue weighted by Gasteiger charge is -2.26. The minimum atomic E-state index is -0.276. The molecule has 0 unspecified atom stereocenters. The average Bonchev–Trinajstić information content (AvgIpc) is 2.21. The molecule has 1 saturated heterocycles. The molecule has 0 atom stereocenters. The first-order valence-electron chi connectivity index (χ1n) is 5.52. The molecule has 0 aromatic rings. The predicted octanol–water partition coefficient (Wildman–Crippen LogP) is 2.58. The molecular formula is C12H20O2. The highest BCUT2D eigenvalue weighted by atomic mass is 16.7. The third-order valence-corrected chi connectivity index (χ3v) is 2.44. The van der Waals surface area contributed by atoms with Crippen LogP contribution >= 0.6 is 0 Å². The molecule has 0 amide bonds. The zero-order valence-electron chi connectivity index (χ0n) is 9.21. The van der Waals surface area contributed by atoms with Crippen LogP contribution in [-0.4, -0.2) is 19.5 Å². The molecule has 80 valence electrons. The summed E-state index contributed by atoms with van der Waals surface area (Å²) in [5.74, 6) is 6.26. The second kappa shape index (κ2) is 6.86. The smallest absolute Gasteiger partial charge is 0.222 e. The fourth-order valence-electron chi connectivity index (χ4n) is 1.59. The SMILES string of the molecule is CC#CC1OCC(CCCCC)CO1. The zero-order chi connectivity index (χ0) is 10.2. The van der Waals surface area contributed by atoms with Gasteiger partial charge in [0, 0.05) is 5.92 Å². The van der Waals surface area contributed by atoms with Gasteiger partial charge in [0.1, 0.15) is 0 Å². The molecule has 0 N–H and O–H groups in total. The van der Waals surface area contributed by atoms with Gasteiger partial charge in [0.25, 0.3) is 0 Å². The quantitative estimate of drug-likeness (QED) is 0.508. The lowest BCUT2D eigenvalue weighted by molar-refractivity contribution is -0.170. The van der Waals surface area contributed by atoms with E-state index in [1.165, 1.54) is 25.7 Å². The van der Waals surface area contributed by atoms with Crippen molar-refractivity contribution in [2.75, 3.05) is 13.2 Å². The molecule has 0 radical (unpaired) electrons. The fourth-order valence-corrected chi connectivity index (χ4v) is 1.59. The predicted molar refractivity (Wildman–Crippen MR) is 56.8 cm³/mol. The highest BCUT2D eigenvalue weighted by molar-refractivity contribution is 4.99. The Morgan fingerprint density at radius 2 is 1.93 bits per heavy atom. The second-order valence-electron chi connectivity index (χ2n) is 3.75. The van der Waals surface area contributed by atoms with Crippen LogP contribution in [-0.2, 0) is 9.47 Å². The monoisotopic (exact) mass is 196 g/mol. The van der Waals surface area contributed by atoms with Crippen LogP contribution in [0.5, 0.6) is 0 Å². The van der Waals surface area contributed by atoms with Gasteiger partial charge in [-0.3, -0.25) is 0 Å². The van der Waals surface area contributed by atoms with Gasteiger partial charge >= 0.3 is 0 Å². The molecule has 0 saturated carbocycles. The lowest BCUT2D eigenvalue weighted by Crippen LogP contribution is -2.31. The zero-order valence-corrected chi connectivity index (χ0v) is 9.21. The number of ether oxygens (including phenoxy) is 2. The van der Waals surface area contributed by atoms with Crippen molar-refractivity contribution in [2.45, 2.75) is 45.8 Å². The van der Waals surface area contributed by atoms with Gasteiger partial charge in [0.05, 0.1) is 13.2 Å². The van der Waals surface area contributed by atoms with Crippen LogP contribution in [0.4, 0.5) is 0 Å². The van der Waals surface area contributed by atoms with Crippen molar-refractivity contribution in [3.8, 4) is 11.8 Å². The third kappa shape index (κ3) is 4.13. The fraction of sp³-hybridized carbons (Fsp3) is 0.833. The summed E-state index contributed by atoms with van der Waals surface area (Å²) in [5, 5.41) is 0. The van der Waals surface area contributed by atoms with Gasteiger partial charge in [-0.25, -0.2) is 0 Å². The Hall–Kier alpha value is -0.520. The van der Waals surface area contributed by atoms with Crippen LogP contribution < -0.4 is 0 Å². The molecule has 1 rings (SSSR count). The highest BCUT2D eigenvalue weighted by Gasteiger charge is 2.19. The van der Waals surface area contributed by atoms with Crippen LogP contribution in [0, 0.1) is 17.8 Å². The molecule has 0 aromatic heterocycles. The Labute approximate surface area is 87.0 Å². The van der Waals surface area contributed by atoms with Crippen molar-refractivity contribution in [1.82, 2.24) is 0 Å². The van der Waals surface area contributed by atoms with Crippen LogP contribution in [0.15, 0.2) is 0 Å². The van der Waals surface area contributed by atoms with Crippen LogP contribution in [0.1, 0.15) is 39.5 Å². The van der Waals surface area contributed by atoms with E-state index >= 15 is 0 Å². The average molecular weight is 196 g/mol. The maximum atomic E-state index is 5.47. The number of hydrogen-bond donors (Lipinski definition) is 0. The Bertz CT molecular complexity index is 194. The van der Waals surface area contributed by atoms with Crippen molar-refractivity contribution < 1.29 is 9.47 Å². The summed E-state index contributed by atoms with van der Waals surface area (Å²) in [6.07, 6.45) is 4.83. The highest BCUT2D eigenvalue weighted by Crippen LogP contribution is 2.17. The normalized spacial score (nSPS) is 26.7. The molecule has 0 spiro atoms. The molecule has 1 heterocycles. The summed E-state index contributed by atoms with van der Waals surface area (Å²) in [6.45, 7) is 5.65. The summed E-state index contributed by atoms with van der Waals surface area (Å²) in [4.78, 5) is 0. The summed E-state index contributed by atoms with van der Waals surface area (Å²) in [7, 11) is 0. The van der Waals surface area contributed by atoms with Crippen LogP contribution in [0.25, 0.3) is 0 Å². The molecule has 0 aliphatic carbocycles. The van der Waals surface area contributed by atoms with Gasteiger partial charge in [-0.2, -0.15) is 0 Å². The molecule has 2 nitrogen and oxygen atoms in total. The van der Waals surface area contributed by atoms with Gasteiger partial charge in [-0.1, -0.05) is 26.2 Å². The molecule has 1 aliphatic rings. The first kappa shape index (κ1) is 11.6. The van der Waals surface area contributed by atoms with Gasteiger partial charge in [-0.05, 0) is 19.3 Å². The molecular weight excluding hydrogens is 176 g/mol. The third-order valence-electron chi connectivity index (χ3n) is 2.44. The molecule has 1 fully saturated rings. The molecule has 14 heavy (non-hydrogen) atoms. The van der Waals surface area contributed by atoms with Gasteiger partial charge < -0.3 is 9.47 Å². The first-order valence-corrected chi connectivity index (χ1v) is 5.52. The Kier molecular flexibility index (Phi) is 5.66. The summed E-state index contributed by atoms with van der Waals surface area (Å²) in [6, 6.07) is 0. The van der Waals surface area contributed by atoms with E-state index in [0.717, 1.165) is 13.2 Å². The van der Waals surface area contributed by atoms with Crippen molar-refractivity contribution in [3.63, 3.8) is 0 Å². The van der Waals surface area contributed by atoms with Crippen molar-refractivity contribution >= 4 is 0 Å². The Morgan fingerprint density at radius 1 is 1.21 bits per heavy atom. The van der Waals surface area contributed by atoms with E-state index in [4.69, 9.17) is 9.47 Å². The van der Waals surface area contributed by atoms with E-state index in [1.54, 1.807) is 6.92 Å². The standard InChI is InChI=1S/C12H20O2/c1-3-5-6-8-11-9-13-12(7-4-2)14-10-11/h11-12H,3,5-6,8-10H2,1-2H3. The minimum Gasteiger partial charge on any atom is -0.342 e. The van der Waals surface area contributed by atoms with Crippen LogP contribution in [0.3, 0.4) is 0 Å². The second-order valence-corrected chi connectivity index (χ2v) is 3.75. The summed E-state index contributed by atoms with van der Waals surface area (Å²) in [5.41, 5.74) is 0.